The van der Waals surface area contributed by atoms with Crippen molar-refractivity contribution in [2.45, 2.75) is 30.6 Å². The van der Waals surface area contributed by atoms with Gasteiger partial charge in [-0.25, -0.2) is 15.0 Å². The molecule has 1 fully saturated rings. The van der Waals surface area contributed by atoms with Crippen LogP contribution in [0, 0.1) is 0 Å². The number of aromatic nitrogens is 4. The van der Waals surface area contributed by atoms with E-state index in [9.17, 15) is 5.11 Å². The molecule has 9 heteroatoms. The summed E-state index contributed by atoms with van der Waals surface area (Å²) >= 11 is 3.35. The van der Waals surface area contributed by atoms with Crippen LogP contribution in [0.15, 0.2) is 12.7 Å². The fraction of sp³-hybridized carbons (Fsp3) is 0.615. The monoisotopic (exact) mass is 341 g/mol. The van der Waals surface area contributed by atoms with E-state index < -0.39 is 6.10 Å². The van der Waals surface area contributed by atoms with Crippen molar-refractivity contribution in [1.29, 1.82) is 0 Å². The SMILES string of the molecule is CCS[C@@H]1[C@H](O)[C@@H](CSC)O[C@H]1n1cnc2c(N)ncnc21. The molecule has 0 amide bonds. The highest BCUT2D eigenvalue weighted by atomic mass is 32.2. The maximum Gasteiger partial charge on any atom is 0.167 e. The van der Waals surface area contributed by atoms with Crippen LogP contribution in [0.2, 0.25) is 0 Å². The molecule has 3 N–H and O–H groups in total. The summed E-state index contributed by atoms with van der Waals surface area (Å²) in [5, 5.41) is 10.5. The summed E-state index contributed by atoms with van der Waals surface area (Å²) in [6, 6.07) is 0. The molecule has 0 unspecified atom stereocenters. The smallest absolute Gasteiger partial charge is 0.167 e. The quantitative estimate of drug-likeness (QED) is 0.835. The van der Waals surface area contributed by atoms with Crippen molar-refractivity contribution in [3.8, 4) is 0 Å². The van der Waals surface area contributed by atoms with E-state index >= 15 is 0 Å². The second kappa shape index (κ2) is 6.61. The van der Waals surface area contributed by atoms with Crippen molar-refractivity contribution in [1.82, 2.24) is 19.5 Å². The van der Waals surface area contributed by atoms with E-state index in [1.807, 2.05) is 10.8 Å². The zero-order chi connectivity index (χ0) is 15.7. The second-order valence-corrected chi connectivity index (χ2v) is 7.38. The van der Waals surface area contributed by atoms with Gasteiger partial charge in [0.25, 0.3) is 0 Å². The van der Waals surface area contributed by atoms with Crippen LogP contribution in [0.5, 0.6) is 0 Å². The van der Waals surface area contributed by atoms with Crippen LogP contribution in [0.25, 0.3) is 11.2 Å². The third-order valence-electron chi connectivity index (χ3n) is 3.66. The van der Waals surface area contributed by atoms with E-state index in [2.05, 4.69) is 21.9 Å². The van der Waals surface area contributed by atoms with E-state index in [4.69, 9.17) is 10.5 Å². The zero-order valence-corrected chi connectivity index (χ0v) is 14.0. The van der Waals surface area contributed by atoms with Crippen LogP contribution < -0.4 is 5.73 Å². The average molecular weight is 341 g/mol. The highest BCUT2D eigenvalue weighted by Gasteiger charge is 2.44. The molecule has 1 aliphatic heterocycles. The lowest BCUT2D eigenvalue weighted by Crippen LogP contribution is -2.30. The van der Waals surface area contributed by atoms with Gasteiger partial charge in [0, 0.05) is 5.75 Å². The Kier molecular flexibility index (Phi) is 4.76. The standard InChI is InChI=1S/C13H19N5O2S2/c1-3-22-10-9(19)7(4-21-2)20-13(10)18-6-17-8-11(14)15-5-16-12(8)18/h5-7,9-10,13,19H,3-4H2,1-2H3,(H2,14,15,16)/t7-,9-,10-,13-/m1/s1. The van der Waals surface area contributed by atoms with E-state index in [0.717, 1.165) is 11.5 Å². The molecule has 0 saturated carbocycles. The number of fused-ring (bicyclic) bond motifs is 1. The van der Waals surface area contributed by atoms with E-state index in [-0.39, 0.29) is 17.6 Å². The number of rotatable bonds is 5. The summed E-state index contributed by atoms with van der Waals surface area (Å²) in [6.45, 7) is 2.07. The minimum atomic E-state index is -0.515. The molecular weight excluding hydrogens is 322 g/mol. The second-order valence-electron chi connectivity index (χ2n) is 5.01. The molecule has 2 aromatic rings. The lowest BCUT2D eigenvalue weighted by atomic mass is 10.2. The lowest BCUT2D eigenvalue weighted by Gasteiger charge is -2.20. The number of nitrogen functional groups attached to an aromatic ring is 1. The Labute approximate surface area is 137 Å². The minimum Gasteiger partial charge on any atom is -0.389 e. The van der Waals surface area contributed by atoms with Crippen molar-refractivity contribution >= 4 is 40.5 Å². The average Bonchev–Trinajstić information content (AvgIpc) is 3.05. The molecule has 120 valence electrons. The Morgan fingerprint density at radius 2 is 2.23 bits per heavy atom. The number of thioether (sulfide) groups is 2. The molecule has 1 saturated heterocycles. The third-order valence-corrected chi connectivity index (χ3v) is 5.56. The normalized spacial score (nSPS) is 28.5. The Hall–Kier alpha value is -1.03. The van der Waals surface area contributed by atoms with Crippen molar-refractivity contribution < 1.29 is 9.84 Å². The molecule has 0 aliphatic carbocycles. The molecule has 1 aliphatic rings. The Morgan fingerprint density at radius 1 is 1.41 bits per heavy atom. The van der Waals surface area contributed by atoms with Gasteiger partial charge in [-0.1, -0.05) is 6.92 Å². The van der Waals surface area contributed by atoms with Crippen LogP contribution in [0.1, 0.15) is 13.2 Å². The predicted molar refractivity (Wildman–Crippen MR) is 90.0 cm³/mol. The van der Waals surface area contributed by atoms with E-state index in [0.29, 0.717) is 17.0 Å². The molecule has 0 radical (unpaired) electrons. The molecule has 3 heterocycles. The molecular formula is C13H19N5O2S2. The molecule has 22 heavy (non-hydrogen) atoms. The number of aliphatic hydroxyl groups is 1. The van der Waals surface area contributed by atoms with Gasteiger partial charge in [0.2, 0.25) is 0 Å². The first-order chi connectivity index (χ1) is 10.7. The van der Waals surface area contributed by atoms with Crippen LogP contribution in [-0.2, 0) is 4.74 Å². The van der Waals surface area contributed by atoms with Gasteiger partial charge in [0.1, 0.15) is 11.8 Å². The summed E-state index contributed by atoms with van der Waals surface area (Å²) in [6.07, 6.45) is 4.07. The van der Waals surface area contributed by atoms with Crippen molar-refractivity contribution in [2.24, 2.45) is 0 Å². The molecule has 0 spiro atoms. The van der Waals surface area contributed by atoms with Gasteiger partial charge in [0.15, 0.2) is 17.7 Å². The van der Waals surface area contributed by atoms with Crippen LogP contribution in [-0.4, -0.2) is 59.8 Å². The van der Waals surface area contributed by atoms with E-state index in [1.54, 1.807) is 29.9 Å². The van der Waals surface area contributed by atoms with Crippen LogP contribution in [0.3, 0.4) is 0 Å². The van der Waals surface area contributed by atoms with Gasteiger partial charge >= 0.3 is 0 Å². The van der Waals surface area contributed by atoms with Gasteiger partial charge in [0.05, 0.1) is 23.8 Å². The third kappa shape index (κ3) is 2.66. The Bertz CT molecular complexity index is 652. The van der Waals surface area contributed by atoms with Crippen molar-refractivity contribution in [3.63, 3.8) is 0 Å². The van der Waals surface area contributed by atoms with Gasteiger partial charge < -0.3 is 15.6 Å². The number of nitrogens with zero attached hydrogens (tertiary/aromatic N) is 4. The molecule has 3 rings (SSSR count). The number of ether oxygens (including phenoxy) is 1. The Balaban J connectivity index is 1.98. The maximum atomic E-state index is 10.6. The number of nitrogens with two attached hydrogens (primary N) is 1. The minimum absolute atomic E-state index is 0.0595. The van der Waals surface area contributed by atoms with Gasteiger partial charge in [-0.05, 0) is 12.0 Å². The van der Waals surface area contributed by atoms with Crippen LogP contribution >= 0.6 is 23.5 Å². The fourth-order valence-corrected chi connectivity index (χ4v) is 4.39. The summed E-state index contributed by atoms with van der Waals surface area (Å²) in [7, 11) is 0. The molecule has 7 nitrogen and oxygen atoms in total. The highest BCUT2D eigenvalue weighted by molar-refractivity contribution is 8.00. The molecule has 0 bridgehead atoms. The summed E-state index contributed by atoms with van der Waals surface area (Å²) < 4.78 is 7.95. The summed E-state index contributed by atoms with van der Waals surface area (Å²) in [4.78, 5) is 12.5. The summed E-state index contributed by atoms with van der Waals surface area (Å²) in [5.74, 6) is 2.00. The fourth-order valence-electron chi connectivity index (χ4n) is 2.67. The molecule has 2 aromatic heterocycles. The highest BCUT2D eigenvalue weighted by Crippen LogP contribution is 2.39. The van der Waals surface area contributed by atoms with Crippen molar-refractivity contribution in [2.75, 3.05) is 23.5 Å². The number of imidazole rings is 1. The number of hydrogen-bond donors (Lipinski definition) is 2. The molecule has 4 atom stereocenters. The topological polar surface area (TPSA) is 99.1 Å². The summed E-state index contributed by atoms with van der Waals surface area (Å²) in [5.41, 5.74) is 7.04. The predicted octanol–water partition coefficient (Wildman–Crippen LogP) is 1.15. The maximum absolute atomic E-state index is 10.6. The number of aliphatic hydroxyl groups excluding tert-OH is 1. The van der Waals surface area contributed by atoms with Gasteiger partial charge in [-0.2, -0.15) is 23.5 Å². The van der Waals surface area contributed by atoms with Crippen LogP contribution in [0.4, 0.5) is 5.82 Å². The number of anilines is 1. The van der Waals surface area contributed by atoms with E-state index in [1.165, 1.54) is 6.33 Å². The Morgan fingerprint density at radius 3 is 2.95 bits per heavy atom. The first-order valence-corrected chi connectivity index (χ1v) is 9.48. The largest absolute Gasteiger partial charge is 0.389 e. The molecule has 0 aromatic carbocycles. The van der Waals surface area contributed by atoms with Crippen molar-refractivity contribution in [3.05, 3.63) is 12.7 Å². The first kappa shape index (κ1) is 15.9. The number of hydrogen-bond acceptors (Lipinski definition) is 8. The van der Waals surface area contributed by atoms with Gasteiger partial charge in [-0.15, -0.1) is 0 Å². The zero-order valence-electron chi connectivity index (χ0n) is 12.4. The first-order valence-electron chi connectivity index (χ1n) is 7.04. The van der Waals surface area contributed by atoms with Gasteiger partial charge in [-0.3, -0.25) is 4.57 Å². The lowest BCUT2D eigenvalue weighted by molar-refractivity contribution is -0.00331.